The van der Waals surface area contributed by atoms with E-state index in [1.165, 1.54) is 6.92 Å². The summed E-state index contributed by atoms with van der Waals surface area (Å²) in [6.07, 6.45) is -4.47. The van der Waals surface area contributed by atoms with Crippen LogP contribution in [0.1, 0.15) is 27.7 Å². The van der Waals surface area contributed by atoms with Crippen LogP contribution in [-0.2, 0) is 55.5 Å². The Kier molecular flexibility index (Phi) is 10.7. The summed E-state index contributed by atoms with van der Waals surface area (Å²) in [5.41, 5.74) is -1.09. The van der Waals surface area contributed by atoms with Gasteiger partial charge in [0.1, 0.15) is 18.8 Å². The maximum atomic E-state index is 11.4. The Bertz CT molecular complexity index is 513. The van der Waals surface area contributed by atoms with Crippen LogP contribution in [0.15, 0.2) is 0 Å². The van der Waals surface area contributed by atoms with Crippen molar-refractivity contribution >= 4 is 36.5 Å². The zero-order chi connectivity index (χ0) is 18.4. The van der Waals surface area contributed by atoms with Crippen molar-refractivity contribution in [1.82, 2.24) is 0 Å². The van der Waals surface area contributed by atoms with Gasteiger partial charge in [-0.2, -0.15) is 0 Å². The third-order valence-corrected chi connectivity index (χ3v) is 3.33. The van der Waals surface area contributed by atoms with Crippen molar-refractivity contribution in [2.45, 2.75) is 57.5 Å². The van der Waals surface area contributed by atoms with Crippen LogP contribution >= 0.6 is 0 Å². The van der Waals surface area contributed by atoms with Gasteiger partial charge >= 0.3 is 53.4 Å². The summed E-state index contributed by atoms with van der Waals surface area (Å²) in [4.78, 5) is 45.0. The van der Waals surface area contributed by atoms with Gasteiger partial charge in [-0.15, -0.1) is 0 Å². The average Bonchev–Trinajstić information content (AvgIpc) is 2.42. The summed E-state index contributed by atoms with van der Waals surface area (Å²) in [6.45, 7) is 4.36. The van der Waals surface area contributed by atoms with Gasteiger partial charge in [0.05, 0.1) is 0 Å². The Morgan fingerprint density at radius 3 is 1.68 bits per heavy atom. The minimum atomic E-state index is -1.19. The van der Waals surface area contributed by atoms with E-state index in [1.807, 2.05) is 0 Å². The topological polar surface area (TPSA) is 114 Å². The zero-order valence-corrected chi connectivity index (χ0v) is 17.5. The molecule has 0 aromatic carbocycles. The van der Waals surface area contributed by atoms with Crippen LogP contribution in [0.3, 0.4) is 0 Å². The van der Waals surface area contributed by atoms with Crippen molar-refractivity contribution in [3.05, 3.63) is 0 Å². The molecule has 0 amide bonds. The molecule has 1 saturated heterocycles. The molecule has 1 aliphatic rings. The van der Waals surface area contributed by atoms with Crippen LogP contribution in [0.25, 0.3) is 0 Å². The van der Waals surface area contributed by atoms with E-state index in [4.69, 9.17) is 36.3 Å². The Morgan fingerprint density at radius 1 is 0.800 bits per heavy atom. The Morgan fingerprint density at radius 2 is 1.24 bits per heavy atom. The van der Waals surface area contributed by atoms with E-state index >= 15 is 0 Å². The second-order valence-corrected chi connectivity index (χ2v) is 5.53. The normalized spacial score (nSPS) is 28.1. The molecule has 0 aromatic rings. The number of rotatable bonds is 5. The van der Waals surface area contributed by atoms with Crippen molar-refractivity contribution in [2.75, 3.05) is 6.61 Å². The number of ether oxygens (including phenoxy) is 5. The molecule has 9 nitrogen and oxygen atoms in total. The smallest absolute Gasteiger partial charge is 0.757 e. The Labute approximate surface area is 172 Å². The molecule has 1 aliphatic heterocycles. The molecular weight excluding hydrogens is 367 g/mol. The van der Waals surface area contributed by atoms with Crippen LogP contribution in [0.2, 0.25) is 0 Å². The van der Waals surface area contributed by atoms with Gasteiger partial charge in [-0.1, -0.05) is 0 Å². The van der Waals surface area contributed by atoms with Crippen molar-refractivity contribution in [2.24, 2.45) is 0 Å². The third-order valence-electron chi connectivity index (χ3n) is 2.95. The Balaban J connectivity index is 0.00000576. The number of hydrogen-bond acceptors (Lipinski definition) is 10. The second-order valence-electron chi connectivity index (χ2n) is 5.07. The van der Waals surface area contributed by atoms with E-state index in [0.29, 0.717) is 0 Å². The quantitative estimate of drug-likeness (QED) is 0.205. The van der Waals surface area contributed by atoms with E-state index in [-0.39, 0.29) is 36.2 Å². The van der Waals surface area contributed by atoms with Gasteiger partial charge in [0.15, 0.2) is 12.2 Å². The third kappa shape index (κ3) is 7.95. The van der Waals surface area contributed by atoms with E-state index in [2.05, 4.69) is 0 Å². The molecule has 0 N–H and O–H groups in total. The average molecular weight is 386 g/mol. The molecule has 5 atom stereocenters. The molecular formula is C14H19NaO9S. The zero-order valence-electron chi connectivity index (χ0n) is 14.7. The molecule has 1 heterocycles. The van der Waals surface area contributed by atoms with Crippen molar-refractivity contribution < 1.29 is 72.4 Å². The van der Waals surface area contributed by atoms with E-state index in [1.54, 1.807) is 0 Å². The Hall–Kier alpha value is -0.810. The van der Waals surface area contributed by atoms with Crippen LogP contribution in [0.5, 0.6) is 0 Å². The molecule has 0 spiro atoms. The predicted octanol–water partition coefficient (Wildman–Crippen LogP) is -3.38. The van der Waals surface area contributed by atoms with Gasteiger partial charge < -0.3 is 36.3 Å². The molecule has 2 unspecified atom stereocenters. The largest absolute Gasteiger partial charge is 1.00 e. The summed E-state index contributed by atoms with van der Waals surface area (Å²) in [6, 6.07) is 0. The summed E-state index contributed by atoms with van der Waals surface area (Å²) in [7, 11) is 0. The van der Waals surface area contributed by atoms with Gasteiger partial charge in [-0.3, -0.25) is 19.2 Å². The monoisotopic (exact) mass is 386 g/mol. The standard InChI is InChI=1S/C14H20O9S.Na/c1-6(15)19-5-10-11(20-7(2)16)12(21-8(3)17)13(14(24)23-10)22-9(4)18;/h10-14,24H,5H2,1-4H3;/q;+1/p-1/t10?,11-,12-,13?,14-;/m1./s1. The molecule has 1 rings (SSSR count). The SMILES string of the molecule is CC(=O)OCC1O[C@H]([S-])C(OC(C)=O)[C@H](OC(C)=O)[C@@H]1OC(C)=O.[Na+]. The van der Waals surface area contributed by atoms with Gasteiger partial charge in [0.25, 0.3) is 0 Å². The molecule has 11 heteroatoms. The maximum Gasteiger partial charge on any atom is 1.00 e. The van der Waals surface area contributed by atoms with E-state index < -0.39 is 53.7 Å². The van der Waals surface area contributed by atoms with Crippen LogP contribution in [-0.4, -0.2) is 60.3 Å². The molecule has 0 saturated carbocycles. The summed E-state index contributed by atoms with van der Waals surface area (Å²) >= 11 is 5.11. The van der Waals surface area contributed by atoms with Gasteiger partial charge in [-0.05, 0) is 5.44 Å². The molecule has 136 valence electrons. The first-order valence-electron chi connectivity index (χ1n) is 7.08. The summed E-state index contributed by atoms with van der Waals surface area (Å²) in [5, 5.41) is 0. The number of hydrogen-bond donors (Lipinski definition) is 0. The second kappa shape index (κ2) is 11.0. The van der Waals surface area contributed by atoms with Crippen LogP contribution in [0, 0.1) is 0 Å². The fourth-order valence-electron chi connectivity index (χ4n) is 2.19. The van der Waals surface area contributed by atoms with Crippen molar-refractivity contribution in [3.63, 3.8) is 0 Å². The minimum absolute atomic E-state index is 0. The maximum absolute atomic E-state index is 11.4. The number of esters is 4. The molecule has 0 aliphatic carbocycles. The van der Waals surface area contributed by atoms with Crippen molar-refractivity contribution in [3.8, 4) is 0 Å². The molecule has 1 fully saturated rings. The molecule has 0 bridgehead atoms. The van der Waals surface area contributed by atoms with Gasteiger partial charge in [-0.25, -0.2) is 0 Å². The molecule has 0 radical (unpaired) electrons. The minimum Gasteiger partial charge on any atom is -0.757 e. The van der Waals surface area contributed by atoms with E-state index in [0.717, 1.165) is 20.8 Å². The predicted molar refractivity (Wildman–Crippen MR) is 79.3 cm³/mol. The first-order chi connectivity index (χ1) is 11.1. The first-order valence-corrected chi connectivity index (χ1v) is 7.55. The molecule has 0 aromatic heterocycles. The summed E-state index contributed by atoms with van der Waals surface area (Å²) in [5.74, 6) is -2.62. The summed E-state index contributed by atoms with van der Waals surface area (Å²) < 4.78 is 25.7. The van der Waals surface area contributed by atoms with Crippen molar-refractivity contribution in [1.29, 1.82) is 0 Å². The number of carbonyl (C=O) groups excluding carboxylic acids is 4. The fraction of sp³-hybridized carbons (Fsp3) is 0.714. The van der Waals surface area contributed by atoms with Crippen LogP contribution in [0.4, 0.5) is 0 Å². The van der Waals surface area contributed by atoms with E-state index in [9.17, 15) is 19.2 Å². The number of carbonyl (C=O) groups is 4. The molecule has 25 heavy (non-hydrogen) atoms. The first kappa shape index (κ1) is 24.2. The van der Waals surface area contributed by atoms with Crippen LogP contribution < -0.4 is 29.6 Å². The van der Waals surface area contributed by atoms with Gasteiger partial charge in [0, 0.05) is 27.7 Å². The fourth-order valence-corrected chi connectivity index (χ4v) is 2.54. The van der Waals surface area contributed by atoms with Gasteiger partial charge in [0.2, 0.25) is 0 Å².